The number of nitrogens with zero attached hydrogens (tertiary/aromatic N) is 1. The molecule has 3 N–H and O–H groups in total. The van der Waals surface area contributed by atoms with Crippen molar-refractivity contribution in [3.05, 3.63) is 76.5 Å². The number of thiophene rings is 1. The quantitative estimate of drug-likeness (QED) is 0.327. The Bertz CT molecular complexity index is 1280. The summed E-state index contributed by atoms with van der Waals surface area (Å²) < 4.78 is 60.0. The Morgan fingerprint density at radius 3 is 2.24 bits per heavy atom. The number of carbonyl (C=O) groups is 1. The molecule has 0 atom stereocenters. The fraction of sp³-hybridized carbons (Fsp3) is 0.346. The highest BCUT2D eigenvalue weighted by molar-refractivity contribution is 7.89. The Balaban J connectivity index is 0.000000505. The van der Waals surface area contributed by atoms with Crippen LogP contribution in [0.1, 0.15) is 24.0 Å². The summed E-state index contributed by atoms with van der Waals surface area (Å²) in [7, 11) is -3.52. The lowest BCUT2D eigenvalue weighted by molar-refractivity contribution is -0.192. The minimum absolute atomic E-state index is 0.312. The maximum Gasteiger partial charge on any atom is 0.490 e. The highest BCUT2D eigenvalue weighted by Gasteiger charge is 2.38. The summed E-state index contributed by atoms with van der Waals surface area (Å²) in [6.07, 6.45) is -2.67. The second-order valence-electron chi connectivity index (χ2n) is 8.71. The van der Waals surface area contributed by atoms with E-state index in [4.69, 9.17) is 9.90 Å². The Labute approximate surface area is 224 Å². The number of hydrogen-bond acceptors (Lipinski definition) is 6. The third kappa shape index (κ3) is 9.52. The zero-order chi connectivity index (χ0) is 27.6. The number of aliphatic carboxylic acids is 1. The van der Waals surface area contributed by atoms with E-state index in [1.165, 1.54) is 24.0 Å². The summed E-state index contributed by atoms with van der Waals surface area (Å²) in [5.41, 5.74) is 4.38. The summed E-state index contributed by atoms with van der Waals surface area (Å²) in [5, 5.41) is 14.8. The molecule has 1 aliphatic rings. The van der Waals surface area contributed by atoms with E-state index in [1.807, 2.05) is 24.3 Å². The minimum Gasteiger partial charge on any atom is -0.475 e. The van der Waals surface area contributed by atoms with Gasteiger partial charge in [0.25, 0.3) is 0 Å². The molecule has 2 heterocycles. The second-order valence-corrected chi connectivity index (χ2v) is 11.3. The summed E-state index contributed by atoms with van der Waals surface area (Å²) in [4.78, 5) is 11.5. The maximum absolute atomic E-state index is 12.8. The van der Waals surface area contributed by atoms with E-state index in [0.717, 1.165) is 43.9 Å². The normalized spacial score (nSPS) is 14.2. The van der Waals surface area contributed by atoms with Crippen molar-refractivity contribution in [3.63, 3.8) is 0 Å². The van der Waals surface area contributed by atoms with Crippen molar-refractivity contribution in [2.45, 2.75) is 37.0 Å². The number of carboxylic acid groups (broad SMARTS) is 1. The fourth-order valence-corrected chi connectivity index (χ4v) is 5.61. The van der Waals surface area contributed by atoms with Crippen molar-refractivity contribution >= 4 is 27.3 Å². The Morgan fingerprint density at radius 1 is 0.974 bits per heavy atom. The van der Waals surface area contributed by atoms with Gasteiger partial charge in [-0.05, 0) is 83.2 Å². The van der Waals surface area contributed by atoms with Crippen LogP contribution in [0.4, 0.5) is 13.2 Å². The third-order valence-electron chi connectivity index (χ3n) is 5.80. The molecule has 2 aromatic carbocycles. The van der Waals surface area contributed by atoms with Gasteiger partial charge in [-0.15, -0.1) is 0 Å². The van der Waals surface area contributed by atoms with Crippen molar-refractivity contribution in [2.24, 2.45) is 0 Å². The topological polar surface area (TPSA) is 98.7 Å². The Kier molecular flexibility index (Phi) is 10.9. The molecular formula is C26H30F3N3O4S2. The number of rotatable bonds is 10. The summed E-state index contributed by atoms with van der Waals surface area (Å²) in [6, 6.07) is 17.6. The monoisotopic (exact) mass is 569 g/mol. The highest BCUT2D eigenvalue weighted by atomic mass is 32.2. The van der Waals surface area contributed by atoms with E-state index in [-0.39, 0.29) is 0 Å². The molecule has 7 nitrogen and oxygen atoms in total. The average Bonchev–Trinajstić information content (AvgIpc) is 3.59. The van der Waals surface area contributed by atoms with Crippen LogP contribution in [0.5, 0.6) is 0 Å². The van der Waals surface area contributed by atoms with E-state index in [0.29, 0.717) is 11.4 Å². The van der Waals surface area contributed by atoms with Gasteiger partial charge in [-0.3, -0.25) is 0 Å². The van der Waals surface area contributed by atoms with Crippen LogP contribution in [0.3, 0.4) is 0 Å². The van der Waals surface area contributed by atoms with Crippen LogP contribution in [0.2, 0.25) is 0 Å². The number of sulfonamides is 1. The molecule has 1 saturated heterocycles. The number of alkyl halides is 3. The van der Waals surface area contributed by atoms with Gasteiger partial charge >= 0.3 is 12.1 Å². The lowest BCUT2D eigenvalue weighted by Gasteiger charge is -2.15. The number of likely N-dealkylation sites (tertiary alicyclic amines) is 1. The summed E-state index contributed by atoms with van der Waals surface area (Å²) in [6.45, 7) is 4.94. The summed E-state index contributed by atoms with van der Waals surface area (Å²) >= 11 is 1.70. The fourth-order valence-electron chi connectivity index (χ4n) is 3.88. The molecule has 38 heavy (non-hydrogen) atoms. The van der Waals surface area contributed by atoms with Crippen LogP contribution >= 0.6 is 11.3 Å². The molecule has 0 amide bonds. The lowest BCUT2D eigenvalue weighted by Crippen LogP contribution is -2.33. The predicted molar refractivity (Wildman–Crippen MR) is 141 cm³/mol. The van der Waals surface area contributed by atoms with E-state index in [1.54, 1.807) is 23.5 Å². The van der Waals surface area contributed by atoms with Gasteiger partial charge in [0.1, 0.15) is 0 Å². The van der Waals surface area contributed by atoms with Gasteiger partial charge in [0.15, 0.2) is 0 Å². The second kappa shape index (κ2) is 13.9. The van der Waals surface area contributed by atoms with Gasteiger partial charge in [0.2, 0.25) is 10.0 Å². The molecule has 0 spiro atoms. The van der Waals surface area contributed by atoms with Gasteiger partial charge < -0.3 is 15.3 Å². The van der Waals surface area contributed by atoms with Crippen molar-refractivity contribution in [1.29, 1.82) is 0 Å². The first kappa shape index (κ1) is 29.8. The van der Waals surface area contributed by atoms with Crippen molar-refractivity contribution in [1.82, 2.24) is 14.9 Å². The van der Waals surface area contributed by atoms with Crippen molar-refractivity contribution < 1.29 is 31.5 Å². The van der Waals surface area contributed by atoms with E-state index in [2.05, 4.69) is 43.9 Å². The first-order valence-corrected chi connectivity index (χ1v) is 14.4. The first-order chi connectivity index (χ1) is 18.0. The predicted octanol–water partition coefficient (Wildman–Crippen LogP) is 4.71. The van der Waals surface area contributed by atoms with Crippen LogP contribution in [0.25, 0.3) is 11.1 Å². The Hall–Kier alpha value is -2.77. The highest BCUT2D eigenvalue weighted by Crippen LogP contribution is 2.24. The molecule has 1 aromatic heterocycles. The van der Waals surface area contributed by atoms with E-state index in [9.17, 15) is 21.6 Å². The van der Waals surface area contributed by atoms with Gasteiger partial charge in [-0.25, -0.2) is 17.9 Å². The molecule has 0 radical (unpaired) electrons. The molecule has 0 unspecified atom stereocenters. The van der Waals surface area contributed by atoms with Gasteiger partial charge in [-0.2, -0.15) is 24.5 Å². The average molecular weight is 570 g/mol. The van der Waals surface area contributed by atoms with Gasteiger partial charge in [0.05, 0.1) is 4.90 Å². The van der Waals surface area contributed by atoms with Gasteiger partial charge in [-0.1, -0.05) is 30.3 Å². The van der Waals surface area contributed by atoms with E-state index >= 15 is 0 Å². The van der Waals surface area contributed by atoms with Crippen LogP contribution in [0, 0.1) is 0 Å². The molecule has 0 saturated carbocycles. The molecule has 1 aliphatic heterocycles. The minimum atomic E-state index is -5.08. The molecule has 12 heteroatoms. The largest absolute Gasteiger partial charge is 0.490 e. The molecule has 0 bridgehead atoms. The molecular weight excluding hydrogens is 539 g/mol. The number of nitrogens with one attached hydrogen (secondary N) is 2. The summed E-state index contributed by atoms with van der Waals surface area (Å²) in [5.74, 6) is -2.76. The smallest absolute Gasteiger partial charge is 0.475 e. The molecule has 206 valence electrons. The third-order valence-corrected chi connectivity index (χ3v) is 8.00. The Morgan fingerprint density at radius 2 is 1.61 bits per heavy atom. The van der Waals surface area contributed by atoms with Crippen molar-refractivity contribution in [3.8, 4) is 11.1 Å². The van der Waals surface area contributed by atoms with Crippen LogP contribution in [0.15, 0.2) is 70.3 Å². The molecule has 4 rings (SSSR count). The molecule has 1 fully saturated rings. The zero-order valence-electron chi connectivity index (χ0n) is 20.6. The molecule has 0 aliphatic carbocycles. The van der Waals surface area contributed by atoms with Crippen LogP contribution < -0.4 is 10.0 Å². The van der Waals surface area contributed by atoms with Crippen LogP contribution in [-0.4, -0.2) is 56.7 Å². The number of hydrogen-bond donors (Lipinski definition) is 3. The SMILES string of the molecule is O=C(O)C(F)(F)F.O=S(=O)(NCCN1CCCC1)c1cccc(-c2cccc(CNCc3ccsc3)c2)c1. The lowest BCUT2D eigenvalue weighted by atomic mass is 10.0. The standard InChI is InChI=1S/C24H29N3O2S2.C2HF3O2/c28-31(29,26-10-13-27-11-1-2-12-27)24-8-4-7-23(16-24)22-6-3-5-20(15-22)17-25-18-21-9-14-30-19-21;3-2(4,5)1(6)7/h3-9,14-16,19,25-26H,1-2,10-13,17-18H2;(H,6,7). The van der Waals surface area contributed by atoms with Gasteiger partial charge in [0, 0.05) is 26.2 Å². The maximum atomic E-state index is 12.8. The number of carboxylic acids is 1. The first-order valence-electron chi connectivity index (χ1n) is 12.0. The van der Waals surface area contributed by atoms with Crippen LogP contribution in [-0.2, 0) is 27.9 Å². The number of halogens is 3. The van der Waals surface area contributed by atoms with Crippen molar-refractivity contribution in [2.75, 3.05) is 26.2 Å². The zero-order valence-corrected chi connectivity index (χ0v) is 22.2. The number of benzene rings is 2. The molecule has 3 aromatic rings. The van der Waals surface area contributed by atoms with E-state index < -0.39 is 22.2 Å².